The molecule has 1 atom stereocenters. The molecule has 0 amide bonds. The van der Waals surface area contributed by atoms with Gasteiger partial charge in [0.25, 0.3) is 0 Å². The largest absolute Gasteiger partial charge is 0.362 e. The van der Waals surface area contributed by atoms with Gasteiger partial charge in [0.05, 0.1) is 5.39 Å². The van der Waals surface area contributed by atoms with Crippen LogP contribution >= 0.6 is 0 Å². The van der Waals surface area contributed by atoms with Crippen molar-refractivity contribution in [2.75, 3.05) is 18.4 Å². The van der Waals surface area contributed by atoms with Gasteiger partial charge >= 0.3 is 0 Å². The summed E-state index contributed by atoms with van der Waals surface area (Å²) in [5.41, 5.74) is 1.30. The van der Waals surface area contributed by atoms with Gasteiger partial charge in [-0.2, -0.15) is 0 Å². The number of fused-ring (bicyclic) bond motifs is 4. The predicted molar refractivity (Wildman–Crippen MR) is 84.5 cm³/mol. The van der Waals surface area contributed by atoms with Crippen LogP contribution in [0.25, 0.3) is 11.0 Å². The molecule has 1 aromatic carbocycles. The Morgan fingerprint density at radius 2 is 2.05 bits per heavy atom. The highest BCUT2D eigenvalue weighted by atomic mass is 19.1. The highest BCUT2D eigenvalue weighted by Crippen LogP contribution is 2.41. The van der Waals surface area contributed by atoms with Crippen LogP contribution in [0, 0.1) is 18.7 Å². The Morgan fingerprint density at radius 1 is 1.32 bits per heavy atom. The minimum absolute atomic E-state index is 0.0790. The van der Waals surface area contributed by atoms with E-state index in [0.29, 0.717) is 28.9 Å². The summed E-state index contributed by atoms with van der Waals surface area (Å²) in [6, 6.07) is 3.55. The van der Waals surface area contributed by atoms with Gasteiger partial charge in [-0.05, 0) is 70.3 Å². The molecule has 4 nitrogen and oxygen atoms in total. The molecule has 3 fully saturated rings. The molecule has 0 radical (unpaired) electrons. The lowest BCUT2D eigenvalue weighted by molar-refractivity contribution is -0.0189. The molecule has 1 unspecified atom stereocenters. The van der Waals surface area contributed by atoms with Crippen LogP contribution in [0.2, 0.25) is 0 Å². The highest BCUT2D eigenvalue weighted by molar-refractivity contribution is 5.88. The average molecular weight is 303 g/mol. The van der Waals surface area contributed by atoms with Gasteiger partial charge in [-0.15, -0.1) is 0 Å². The number of halogens is 1. The fraction of sp³-hybridized carbons (Fsp3) is 0.588. The van der Waals surface area contributed by atoms with Crippen LogP contribution in [0.15, 0.2) is 16.7 Å². The van der Waals surface area contributed by atoms with E-state index >= 15 is 0 Å². The van der Waals surface area contributed by atoms with Crippen molar-refractivity contribution in [1.82, 2.24) is 10.1 Å². The fourth-order valence-corrected chi connectivity index (χ4v) is 4.19. The van der Waals surface area contributed by atoms with Gasteiger partial charge in [0.2, 0.25) is 0 Å². The van der Waals surface area contributed by atoms with Crippen molar-refractivity contribution in [1.29, 1.82) is 0 Å². The third kappa shape index (κ3) is 1.95. The molecule has 3 aliphatic rings. The Kier molecular flexibility index (Phi) is 2.98. The van der Waals surface area contributed by atoms with Gasteiger partial charge < -0.3 is 9.84 Å². The Hall–Kier alpha value is -1.62. The zero-order valence-electron chi connectivity index (χ0n) is 13.3. The molecule has 0 spiro atoms. The Bertz CT molecular complexity index is 716. The average Bonchev–Trinajstić information content (AvgIpc) is 2.86. The summed E-state index contributed by atoms with van der Waals surface area (Å²) in [6.45, 7) is 8.64. The summed E-state index contributed by atoms with van der Waals surface area (Å²) in [7, 11) is 0. The summed E-state index contributed by atoms with van der Waals surface area (Å²) in [5.74, 6) is 1.09. The van der Waals surface area contributed by atoms with E-state index in [9.17, 15) is 4.39 Å². The van der Waals surface area contributed by atoms with Crippen molar-refractivity contribution >= 4 is 16.8 Å². The minimum atomic E-state index is -0.216. The number of hydrogen-bond donors (Lipinski definition) is 1. The SMILES string of the molecule is Cc1cc2onc(NC3C4CCN(CC4)C3(C)C)c2cc1F. The molecule has 0 aliphatic carbocycles. The van der Waals surface area contributed by atoms with Gasteiger partial charge in [-0.3, -0.25) is 4.90 Å². The van der Waals surface area contributed by atoms with Crippen LogP contribution in [0.3, 0.4) is 0 Å². The number of rotatable bonds is 2. The Labute approximate surface area is 129 Å². The quantitative estimate of drug-likeness (QED) is 0.921. The molecule has 1 N–H and O–H groups in total. The molecule has 0 saturated carbocycles. The molecular weight excluding hydrogens is 281 g/mol. The monoisotopic (exact) mass is 303 g/mol. The van der Waals surface area contributed by atoms with Crippen molar-refractivity contribution < 1.29 is 8.91 Å². The van der Waals surface area contributed by atoms with E-state index in [1.807, 2.05) is 0 Å². The maximum absolute atomic E-state index is 13.9. The van der Waals surface area contributed by atoms with Crippen molar-refractivity contribution in [2.45, 2.75) is 45.2 Å². The van der Waals surface area contributed by atoms with Gasteiger partial charge in [0, 0.05) is 11.6 Å². The Balaban J connectivity index is 1.70. The number of aromatic nitrogens is 1. The molecule has 2 bridgehead atoms. The third-order valence-corrected chi connectivity index (χ3v) is 5.63. The van der Waals surface area contributed by atoms with Gasteiger partial charge in [-0.1, -0.05) is 5.16 Å². The first-order valence-corrected chi connectivity index (χ1v) is 8.04. The predicted octanol–water partition coefficient (Wildman–Crippen LogP) is 3.56. The van der Waals surface area contributed by atoms with Crippen LogP contribution in [-0.4, -0.2) is 34.7 Å². The maximum atomic E-state index is 13.9. The fourth-order valence-electron chi connectivity index (χ4n) is 4.19. The zero-order valence-corrected chi connectivity index (χ0v) is 13.3. The smallest absolute Gasteiger partial charge is 0.177 e. The molecule has 118 valence electrons. The summed E-state index contributed by atoms with van der Waals surface area (Å²) in [5, 5.41) is 8.44. The lowest BCUT2D eigenvalue weighted by Gasteiger charge is -2.56. The topological polar surface area (TPSA) is 41.3 Å². The number of nitrogens with zero attached hydrogens (tertiary/aromatic N) is 2. The minimum Gasteiger partial charge on any atom is -0.362 e. The van der Waals surface area contributed by atoms with Crippen LogP contribution in [0.1, 0.15) is 32.3 Å². The first-order valence-electron chi connectivity index (χ1n) is 8.04. The number of aryl methyl sites for hydroxylation is 1. The van der Waals surface area contributed by atoms with Crippen molar-refractivity contribution in [3.05, 3.63) is 23.5 Å². The van der Waals surface area contributed by atoms with E-state index in [4.69, 9.17) is 4.52 Å². The van der Waals surface area contributed by atoms with E-state index in [0.717, 1.165) is 5.39 Å². The number of anilines is 1. The molecule has 22 heavy (non-hydrogen) atoms. The van der Waals surface area contributed by atoms with Crippen LogP contribution in [0.4, 0.5) is 10.2 Å². The van der Waals surface area contributed by atoms with E-state index in [1.54, 1.807) is 13.0 Å². The second-order valence-corrected chi connectivity index (χ2v) is 7.23. The number of piperidine rings is 3. The lowest BCUT2D eigenvalue weighted by atomic mass is 9.72. The summed E-state index contributed by atoms with van der Waals surface area (Å²) >= 11 is 0. The normalized spacial score (nSPS) is 29.9. The Morgan fingerprint density at radius 3 is 2.73 bits per heavy atom. The molecule has 3 saturated heterocycles. The maximum Gasteiger partial charge on any atom is 0.177 e. The first kappa shape index (κ1) is 14.0. The zero-order chi connectivity index (χ0) is 15.5. The number of benzene rings is 1. The van der Waals surface area contributed by atoms with Crippen LogP contribution in [-0.2, 0) is 0 Å². The number of nitrogens with one attached hydrogen (secondary N) is 1. The van der Waals surface area contributed by atoms with Crippen LogP contribution in [0.5, 0.6) is 0 Å². The third-order valence-electron chi connectivity index (χ3n) is 5.63. The molecular formula is C17H22FN3O. The van der Waals surface area contributed by atoms with E-state index in [2.05, 4.69) is 29.2 Å². The highest BCUT2D eigenvalue weighted by Gasteiger charge is 2.47. The molecule has 2 aromatic rings. The van der Waals surface area contributed by atoms with Crippen LogP contribution < -0.4 is 5.32 Å². The van der Waals surface area contributed by atoms with E-state index in [1.165, 1.54) is 32.0 Å². The summed E-state index contributed by atoms with van der Waals surface area (Å²) in [4.78, 5) is 2.54. The molecule has 1 aromatic heterocycles. The molecule has 5 rings (SSSR count). The lowest BCUT2D eigenvalue weighted by Crippen LogP contribution is -2.66. The second kappa shape index (κ2) is 4.69. The molecule has 3 aliphatic heterocycles. The van der Waals surface area contributed by atoms with E-state index in [-0.39, 0.29) is 11.4 Å². The molecule has 4 heterocycles. The van der Waals surface area contributed by atoms with Gasteiger partial charge in [0.1, 0.15) is 5.82 Å². The molecule has 5 heteroatoms. The van der Waals surface area contributed by atoms with E-state index < -0.39 is 0 Å². The van der Waals surface area contributed by atoms with Gasteiger partial charge in [0.15, 0.2) is 11.4 Å². The van der Waals surface area contributed by atoms with Gasteiger partial charge in [-0.25, -0.2) is 4.39 Å². The number of hydrogen-bond acceptors (Lipinski definition) is 4. The second-order valence-electron chi connectivity index (χ2n) is 7.23. The van der Waals surface area contributed by atoms with Crippen molar-refractivity contribution in [3.8, 4) is 0 Å². The standard InChI is InChI=1S/C17H22FN3O/c1-10-8-14-12(9-13(10)18)16(20-22-14)19-15-11-4-6-21(7-5-11)17(15,2)3/h8-9,11,15H,4-7H2,1-3H3,(H,19,20). The summed E-state index contributed by atoms with van der Waals surface area (Å²) in [6.07, 6.45) is 2.43. The van der Waals surface area contributed by atoms with Crippen molar-refractivity contribution in [2.24, 2.45) is 5.92 Å². The summed E-state index contributed by atoms with van der Waals surface area (Å²) < 4.78 is 19.3. The first-order chi connectivity index (χ1) is 10.5. The van der Waals surface area contributed by atoms with Crippen molar-refractivity contribution in [3.63, 3.8) is 0 Å².